The summed E-state index contributed by atoms with van der Waals surface area (Å²) in [5, 5.41) is 1.30. The lowest BCUT2D eigenvalue weighted by Gasteiger charge is -2.09. The Bertz CT molecular complexity index is 1170. The molecular formula is C25H21N. The standard InChI is InChI=1S/C25H21N/c1-3-7-19-16(2)26-25-13-12-18(15-24(19)25)21-10-6-11-22-20-9-5-4-8-17(20)14-23(21)22/h3-13,15,26H,14H2,1-2H3/b7-3-. The third-order valence-corrected chi connectivity index (χ3v) is 5.53. The highest BCUT2D eigenvalue weighted by molar-refractivity contribution is 5.95. The van der Waals surface area contributed by atoms with Crippen molar-refractivity contribution >= 4 is 17.0 Å². The molecule has 3 aromatic carbocycles. The zero-order valence-corrected chi connectivity index (χ0v) is 15.1. The van der Waals surface area contributed by atoms with E-state index in [9.17, 15) is 0 Å². The SMILES string of the molecule is C/C=C\c1c(C)[nH]c2ccc(-c3cccc4c3Cc3ccccc3-4)cc12. The van der Waals surface area contributed by atoms with Gasteiger partial charge in [0.1, 0.15) is 0 Å². The fourth-order valence-corrected chi connectivity index (χ4v) is 4.32. The molecule has 1 aliphatic rings. The maximum Gasteiger partial charge on any atom is 0.0462 e. The second-order valence-corrected chi connectivity index (χ2v) is 7.09. The van der Waals surface area contributed by atoms with Gasteiger partial charge in [-0.3, -0.25) is 0 Å². The highest BCUT2D eigenvalue weighted by atomic mass is 14.7. The quantitative estimate of drug-likeness (QED) is 0.367. The summed E-state index contributed by atoms with van der Waals surface area (Å²) in [6.45, 7) is 4.22. The number of hydrogen-bond acceptors (Lipinski definition) is 0. The van der Waals surface area contributed by atoms with Gasteiger partial charge in [-0.25, -0.2) is 0 Å². The highest BCUT2D eigenvalue weighted by Crippen LogP contribution is 2.42. The van der Waals surface area contributed by atoms with Gasteiger partial charge in [-0.05, 0) is 65.8 Å². The predicted molar refractivity (Wildman–Crippen MR) is 111 cm³/mol. The van der Waals surface area contributed by atoms with Crippen molar-refractivity contribution < 1.29 is 0 Å². The van der Waals surface area contributed by atoms with Crippen LogP contribution in [0.4, 0.5) is 0 Å². The first-order valence-electron chi connectivity index (χ1n) is 9.22. The molecule has 0 bridgehead atoms. The van der Waals surface area contributed by atoms with E-state index >= 15 is 0 Å². The zero-order chi connectivity index (χ0) is 17.7. The van der Waals surface area contributed by atoms with Gasteiger partial charge in [-0.1, -0.05) is 60.7 Å². The van der Waals surface area contributed by atoms with Crippen LogP contribution in [0, 0.1) is 6.92 Å². The molecule has 1 heterocycles. The summed E-state index contributed by atoms with van der Waals surface area (Å²) in [7, 11) is 0. The van der Waals surface area contributed by atoms with E-state index in [1.165, 1.54) is 55.5 Å². The monoisotopic (exact) mass is 335 g/mol. The van der Waals surface area contributed by atoms with Gasteiger partial charge in [0.25, 0.3) is 0 Å². The summed E-state index contributed by atoms with van der Waals surface area (Å²) >= 11 is 0. The van der Waals surface area contributed by atoms with Crippen LogP contribution >= 0.6 is 0 Å². The Balaban J connectivity index is 1.71. The topological polar surface area (TPSA) is 15.8 Å². The van der Waals surface area contributed by atoms with Crippen LogP contribution in [-0.2, 0) is 6.42 Å². The molecule has 4 aromatic rings. The molecule has 1 heteroatoms. The summed E-state index contributed by atoms with van der Waals surface area (Å²) in [5.41, 5.74) is 12.0. The van der Waals surface area contributed by atoms with Crippen molar-refractivity contribution in [2.24, 2.45) is 0 Å². The minimum atomic E-state index is 1.02. The Hall–Kier alpha value is -3.06. The summed E-state index contributed by atoms with van der Waals surface area (Å²) in [6, 6.07) is 22.3. The van der Waals surface area contributed by atoms with Crippen LogP contribution in [-0.4, -0.2) is 4.98 Å². The Labute approximate surface area is 154 Å². The number of fused-ring (bicyclic) bond motifs is 4. The smallest absolute Gasteiger partial charge is 0.0462 e. The number of aromatic amines is 1. The highest BCUT2D eigenvalue weighted by Gasteiger charge is 2.21. The van der Waals surface area contributed by atoms with Gasteiger partial charge in [0.2, 0.25) is 0 Å². The van der Waals surface area contributed by atoms with E-state index < -0.39 is 0 Å². The first-order chi connectivity index (χ1) is 12.8. The molecule has 5 rings (SSSR count). The van der Waals surface area contributed by atoms with Gasteiger partial charge in [-0.15, -0.1) is 0 Å². The summed E-state index contributed by atoms with van der Waals surface area (Å²) in [6.07, 6.45) is 5.33. The van der Waals surface area contributed by atoms with Gasteiger partial charge in [0.15, 0.2) is 0 Å². The molecule has 0 fully saturated rings. The molecular weight excluding hydrogens is 314 g/mol. The van der Waals surface area contributed by atoms with E-state index in [4.69, 9.17) is 0 Å². The van der Waals surface area contributed by atoms with Gasteiger partial charge in [0.05, 0.1) is 0 Å². The van der Waals surface area contributed by atoms with E-state index in [1.807, 2.05) is 0 Å². The van der Waals surface area contributed by atoms with E-state index in [0.29, 0.717) is 0 Å². The lowest BCUT2D eigenvalue weighted by atomic mass is 9.94. The number of aromatic nitrogens is 1. The van der Waals surface area contributed by atoms with Gasteiger partial charge >= 0.3 is 0 Å². The number of H-pyrrole nitrogens is 1. The average Bonchev–Trinajstić information content (AvgIpc) is 3.19. The first kappa shape index (κ1) is 15.2. The van der Waals surface area contributed by atoms with Crippen molar-refractivity contribution in [3.63, 3.8) is 0 Å². The molecule has 1 aromatic heterocycles. The number of hydrogen-bond donors (Lipinski definition) is 1. The number of allylic oxidation sites excluding steroid dienone is 1. The fraction of sp³-hybridized carbons (Fsp3) is 0.120. The van der Waals surface area contributed by atoms with E-state index in [-0.39, 0.29) is 0 Å². The Kier molecular flexibility index (Phi) is 3.36. The normalized spacial score (nSPS) is 12.7. The van der Waals surface area contributed by atoms with Gasteiger partial charge < -0.3 is 4.98 Å². The van der Waals surface area contributed by atoms with Crippen molar-refractivity contribution in [1.82, 2.24) is 4.98 Å². The number of benzene rings is 3. The molecule has 0 radical (unpaired) electrons. The summed E-state index contributed by atoms with van der Waals surface area (Å²) in [5.74, 6) is 0. The van der Waals surface area contributed by atoms with E-state index in [2.05, 4.69) is 91.6 Å². The third kappa shape index (κ3) is 2.17. The largest absolute Gasteiger partial charge is 0.358 e. The Morgan fingerprint density at radius 2 is 1.69 bits per heavy atom. The summed E-state index contributed by atoms with van der Waals surface area (Å²) in [4.78, 5) is 3.51. The second kappa shape index (κ2) is 5.74. The van der Waals surface area contributed by atoms with Crippen molar-refractivity contribution in [3.8, 4) is 22.3 Å². The maximum atomic E-state index is 3.51. The molecule has 0 aliphatic heterocycles. The Morgan fingerprint density at radius 3 is 2.58 bits per heavy atom. The molecule has 0 saturated carbocycles. The van der Waals surface area contributed by atoms with Crippen molar-refractivity contribution in [2.75, 3.05) is 0 Å². The molecule has 0 atom stereocenters. The van der Waals surface area contributed by atoms with Crippen molar-refractivity contribution in [3.05, 3.63) is 89.1 Å². The molecule has 1 N–H and O–H groups in total. The molecule has 126 valence electrons. The van der Waals surface area contributed by atoms with Gasteiger partial charge in [-0.2, -0.15) is 0 Å². The zero-order valence-electron chi connectivity index (χ0n) is 15.1. The minimum absolute atomic E-state index is 1.02. The molecule has 26 heavy (non-hydrogen) atoms. The third-order valence-electron chi connectivity index (χ3n) is 5.53. The fourth-order valence-electron chi connectivity index (χ4n) is 4.32. The minimum Gasteiger partial charge on any atom is -0.358 e. The molecule has 1 aliphatic carbocycles. The van der Waals surface area contributed by atoms with Crippen LogP contribution in [0.2, 0.25) is 0 Å². The lowest BCUT2D eigenvalue weighted by molar-refractivity contribution is 1.26. The van der Waals surface area contributed by atoms with E-state index in [0.717, 1.165) is 6.42 Å². The van der Waals surface area contributed by atoms with Crippen LogP contribution in [0.25, 0.3) is 39.2 Å². The van der Waals surface area contributed by atoms with Crippen LogP contribution in [0.15, 0.2) is 66.7 Å². The maximum absolute atomic E-state index is 3.51. The predicted octanol–water partition coefficient (Wildman–Crippen LogP) is 6.75. The van der Waals surface area contributed by atoms with Gasteiger partial charge in [0, 0.05) is 22.2 Å². The van der Waals surface area contributed by atoms with Crippen molar-refractivity contribution in [1.29, 1.82) is 0 Å². The molecule has 0 spiro atoms. The van der Waals surface area contributed by atoms with E-state index in [1.54, 1.807) is 0 Å². The van der Waals surface area contributed by atoms with Crippen LogP contribution < -0.4 is 0 Å². The number of aryl methyl sites for hydroxylation is 1. The second-order valence-electron chi connectivity index (χ2n) is 7.09. The van der Waals surface area contributed by atoms with Crippen LogP contribution in [0.1, 0.15) is 29.3 Å². The average molecular weight is 335 g/mol. The van der Waals surface area contributed by atoms with Crippen LogP contribution in [0.5, 0.6) is 0 Å². The molecule has 1 nitrogen and oxygen atoms in total. The summed E-state index contributed by atoms with van der Waals surface area (Å²) < 4.78 is 0. The lowest BCUT2D eigenvalue weighted by Crippen LogP contribution is -1.88. The molecule has 0 unspecified atom stereocenters. The Morgan fingerprint density at radius 1 is 0.885 bits per heavy atom. The number of nitrogens with one attached hydrogen (secondary N) is 1. The van der Waals surface area contributed by atoms with Crippen molar-refractivity contribution in [2.45, 2.75) is 20.3 Å². The molecule has 0 amide bonds. The molecule has 0 saturated heterocycles. The number of rotatable bonds is 2. The first-order valence-corrected chi connectivity index (χ1v) is 9.22. The van der Waals surface area contributed by atoms with Crippen LogP contribution in [0.3, 0.4) is 0 Å².